The van der Waals surface area contributed by atoms with Crippen molar-refractivity contribution in [1.82, 2.24) is 0 Å². The van der Waals surface area contributed by atoms with E-state index < -0.39 is 26.4 Å². The SMILES string of the molecule is O=C(OC1CCCCC1)c1cc(S(=O)(=O)Cl)ccc1F. The molecule has 0 spiro atoms. The minimum Gasteiger partial charge on any atom is -0.459 e. The van der Waals surface area contributed by atoms with Gasteiger partial charge in [0.2, 0.25) is 0 Å². The molecular formula is C13H14ClFO4S. The Hall–Kier alpha value is -1.14. The van der Waals surface area contributed by atoms with E-state index in [9.17, 15) is 17.6 Å². The van der Waals surface area contributed by atoms with E-state index in [0.29, 0.717) is 0 Å². The van der Waals surface area contributed by atoms with E-state index in [-0.39, 0.29) is 11.0 Å². The third-order valence-corrected chi connectivity index (χ3v) is 4.62. The highest BCUT2D eigenvalue weighted by Crippen LogP contribution is 2.23. The zero-order chi connectivity index (χ0) is 14.8. The highest BCUT2D eigenvalue weighted by molar-refractivity contribution is 8.13. The van der Waals surface area contributed by atoms with Crippen LogP contribution in [0.25, 0.3) is 0 Å². The summed E-state index contributed by atoms with van der Waals surface area (Å²) >= 11 is 0. The monoisotopic (exact) mass is 320 g/mol. The summed E-state index contributed by atoms with van der Waals surface area (Å²) in [6.45, 7) is 0. The number of benzene rings is 1. The van der Waals surface area contributed by atoms with E-state index in [1.165, 1.54) is 0 Å². The number of hydrogen-bond donors (Lipinski definition) is 0. The Morgan fingerprint density at radius 2 is 1.90 bits per heavy atom. The first-order chi connectivity index (χ1) is 9.38. The van der Waals surface area contributed by atoms with Crippen LogP contribution in [0.5, 0.6) is 0 Å². The normalized spacial score (nSPS) is 16.9. The average molecular weight is 321 g/mol. The molecule has 0 N–H and O–H groups in total. The van der Waals surface area contributed by atoms with Crippen LogP contribution in [0.2, 0.25) is 0 Å². The van der Waals surface area contributed by atoms with E-state index in [1.54, 1.807) is 0 Å². The van der Waals surface area contributed by atoms with Gasteiger partial charge in [0.05, 0.1) is 10.5 Å². The molecule has 0 saturated heterocycles. The van der Waals surface area contributed by atoms with E-state index in [0.717, 1.165) is 50.3 Å². The first kappa shape index (κ1) is 15.3. The highest BCUT2D eigenvalue weighted by Gasteiger charge is 2.23. The summed E-state index contributed by atoms with van der Waals surface area (Å²) < 4.78 is 41.2. The minimum absolute atomic E-state index is 0.230. The van der Waals surface area contributed by atoms with Crippen molar-refractivity contribution in [3.05, 3.63) is 29.6 Å². The average Bonchev–Trinajstić information content (AvgIpc) is 2.39. The molecule has 20 heavy (non-hydrogen) atoms. The van der Waals surface area contributed by atoms with Gasteiger partial charge in [-0.15, -0.1) is 0 Å². The van der Waals surface area contributed by atoms with Crippen molar-refractivity contribution in [1.29, 1.82) is 0 Å². The molecule has 4 nitrogen and oxygen atoms in total. The number of carbonyl (C=O) groups is 1. The van der Waals surface area contributed by atoms with E-state index in [1.807, 2.05) is 0 Å². The summed E-state index contributed by atoms with van der Waals surface area (Å²) in [5.41, 5.74) is -0.405. The van der Waals surface area contributed by atoms with Crippen molar-refractivity contribution in [2.24, 2.45) is 0 Å². The molecule has 0 atom stereocenters. The molecule has 1 aromatic carbocycles. The van der Waals surface area contributed by atoms with Gasteiger partial charge in [-0.25, -0.2) is 17.6 Å². The number of ether oxygens (including phenoxy) is 1. The summed E-state index contributed by atoms with van der Waals surface area (Å²) in [5, 5.41) is 0. The van der Waals surface area contributed by atoms with Gasteiger partial charge >= 0.3 is 5.97 Å². The van der Waals surface area contributed by atoms with Crippen LogP contribution in [0.3, 0.4) is 0 Å². The molecule has 0 radical (unpaired) electrons. The largest absolute Gasteiger partial charge is 0.459 e. The molecule has 0 unspecified atom stereocenters. The summed E-state index contributed by atoms with van der Waals surface area (Å²) in [6, 6.07) is 2.81. The second kappa shape index (κ2) is 6.10. The van der Waals surface area contributed by atoms with Gasteiger partial charge < -0.3 is 4.74 Å². The lowest BCUT2D eigenvalue weighted by Gasteiger charge is -2.21. The van der Waals surface area contributed by atoms with Crippen LogP contribution in [0.4, 0.5) is 4.39 Å². The number of hydrogen-bond acceptors (Lipinski definition) is 4. The van der Waals surface area contributed by atoms with Gasteiger partial charge in [0.15, 0.2) is 0 Å². The van der Waals surface area contributed by atoms with Gasteiger partial charge in [-0.05, 0) is 43.9 Å². The summed E-state index contributed by atoms with van der Waals surface area (Å²) in [6.07, 6.45) is 4.31. The van der Waals surface area contributed by atoms with Gasteiger partial charge in [-0.2, -0.15) is 0 Å². The summed E-state index contributed by atoms with van der Waals surface area (Å²) in [5.74, 6) is -1.67. The quantitative estimate of drug-likeness (QED) is 0.633. The minimum atomic E-state index is -4.01. The number of rotatable bonds is 3. The number of halogens is 2. The van der Waals surface area contributed by atoms with Crippen molar-refractivity contribution >= 4 is 25.7 Å². The van der Waals surface area contributed by atoms with E-state index in [2.05, 4.69) is 0 Å². The van der Waals surface area contributed by atoms with Crippen LogP contribution in [-0.4, -0.2) is 20.5 Å². The molecule has 1 saturated carbocycles. The van der Waals surface area contributed by atoms with Crippen LogP contribution < -0.4 is 0 Å². The van der Waals surface area contributed by atoms with Crippen LogP contribution in [-0.2, 0) is 13.8 Å². The number of carbonyl (C=O) groups excluding carboxylic acids is 1. The zero-order valence-electron chi connectivity index (χ0n) is 10.6. The Kier molecular flexibility index (Phi) is 4.65. The summed E-state index contributed by atoms with van der Waals surface area (Å²) in [7, 11) is 1.17. The Balaban J connectivity index is 2.20. The fraction of sp³-hybridized carbons (Fsp3) is 0.462. The molecule has 0 heterocycles. The molecule has 0 aromatic heterocycles. The van der Waals surface area contributed by atoms with Gasteiger partial charge in [0, 0.05) is 10.7 Å². The van der Waals surface area contributed by atoms with Gasteiger partial charge in [-0.3, -0.25) is 0 Å². The van der Waals surface area contributed by atoms with Crippen LogP contribution in [0.1, 0.15) is 42.5 Å². The molecule has 0 bridgehead atoms. The van der Waals surface area contributed by atoms with Crippen LogP contribution in [0, 0.1) is 5.82 Å². The van der Waals surface area contributed by atoms with Crippen molar-refractivity contribution in [3.8, 4) is 0 Å². The smallest absolute Gasteiger partial charge is 0.341 e. The molecular weight excluding hydrogens is 307 g/mol. The fourth-order valence-electron chi connectivity index (χ4n) is 2.21. The molecule has 7 heteroatoms. The van der Waals surface area contributed by atoms with Gasteiger partial charge in [0.25, 0.3) is 9.05 Å². The maximum absolute atomic E-state index is 13.6. The fourth-order valence-corrected chi connectivity index (χ4v) is 2.99. The van der Waals surface area contributed by atoms with Crippen LogP contribution >= 0.6 is 10.7 Å². The lowest BCUT2D eigenvalue weighted by molar-refractivity contribution is 0.0206. The zero-order valence-corrected chi connectivity index (χ0v) is 12.2. The molecule has 0 aliphatic heterocycles. The number of esters is 1. The second-order valence-electron chi connectivity index (χ2n) is 4.74. The van der Waals surface area contributed by atoms with Crippen molar-refractivity contribution in [2.45, 2.75) is 43.1 Å². The maximum atomic E-state index is 13.6. The topological polar surface area (TPSA) is 60.4 Å². The predicted octanol–water partition coefficient (Wildman–Crippen LogP) is 3.24. The van der Waals surface area contributed by atoms with Gasteiger partial charge in [-0.1, -0.05) is 6.42 Å². The van der Waals surface area contributed by atoms with E-state index >= 15 is 0 Å². The third kappa shape index (κ3) is 3.70. The van der Waals surface area contributed by atoms with E-state index in [4.69, 9.17) is 15.4 Å². The second-order valence-corrected chi connectivity index (χ2v) is 7.31. The van der Waals surface area contributed by atoms with Crippen LogP contribution in [0.15, 0.2) is 23.1 Å². The standard InChI is InChI=1S/C13H14ClFO4S/c14-20(17,18)10-6-7-12(15)11(8-10)13(16)19-9-4-2-1-3-5-9/h6-9H,1-5H2. The Morgan fingerprint density at radius 3 is 2.50 bits per heavy atom. The molecule has 1 aliphatic rings. The Morgan fingerprint density at radius 1 is 1.25 bits per heavy atom. The lowest BCUT2D eigenvalue weighted by Crippen LogP contribution is -2.21. The predicted molar refractivity (Wildman–Crippen MR) is 71.7 cm³/mol. The van der Waals surface area contributed by atoms with Crippen molar-refractivity contribution < 1.29 is 22.3 Å². The Labute approximate surface area is 121 Å². The lowest BCUT2D eigenvalue weighted by atomic mass is 9.98. The highest BCUT2D eigenvalue weighted by atomic mass is 35.7. The van der Waals surface area contributed by atoms with Crippen molar-refractivity contribution in [2.75, 3.05) is 0 Å². The van der Waals surface area contributed by atoms with Gasteiger partial charge in [0.1, 0.15) is 11.9 Å². The molecule has 2 rings (SSSR count). The molecule has 1 aliphatic carbocycles. The first-order valence-corrected chi connectivity index (χ1v) is 8.64. The molecule has 0 amide bonds. The third-order valence-electron chi connectivity index (χ3n) is 3.27. The molecule has 1 aromatic rings. The molecule has 1 fully saturated rings. The Bertz CT molecular complexity index is 609. The molecule has 110 valence electrons. The maximum Gasteiger partial charge on any atom is 0.341 e. The van der Waals surface area contributed by atoms with Crippen molar-refractivity contribution in [3.63, 3.8) is 0 Å². The summed E-state index contributed by atoms with van der Waals surface area (Å²) in [4.78, 5) is 11.6. The first-order valence-electron chi connectivity index (χ1n) is 6.33.